The van der Waals surface area contributed by atoms with Crippen molar-refractivity contribution >= 4 is 46.4 Å². The van der Waals surface area contributed by atoms with Crippen LogP contribution in [0.3, 0.4) is 0 Å². The van der Waals surface area contributed by atoms with Crippen molar-refractivity contribution in [2.45, 2.75) is 13.3 Å². The van der Waals surface area contributed by atoms with Crippen molar-refractivity contribution in [1.82, 2.24) is 4.98 Å². The summed E-state index contributed by atoms with van der Waals surface area (Å²) >= 11 is 11.9. The van der Waals surface area contributed by atoms with Gasteiger partial charge in [0.2, 0.25) is 0 Å². The zero-order valence-corrected chi connectivity index (χ0v) is 18.0. The first-order valence-corrected chi connectivity index (χ1v) is 9.91. The number of rotatable bonds is 6. The number of carbonyl (C=O) groups is 2. The molecule has 0 aliphatic carbocycles. The third kappa shape index (κ3) is 5.32. The molecule has 1 amide bonds. The van der Waals surface area contributed by atoms with E-state index in [1.165, 1.54) is 6.20 Å². The SMILES string of the molecule is CN=C(C)c1ccc(C(=O)Cc2ccc(Cl)cc2C(=O)Nc2ccc(Cl)cn2)cc1. The maximum Gasteiger partial charge on any atom is 0.257 e. The molecular weight excluding hydrogens is 421 g/mol. The van der Waals surface area contributed by atoms with Crippen LogP contribution in [0.2, 0.25) is 10.0 Å². The highest BCUT2D eigenvalue weighted by atomic mass is 35.5. The van der Waals surface area contributed by atoms with Gasteiger partial charge in [-0.25, -0.2) is 4.98 Å². The average Bonchev–Trinajstić information content (AvgIpc) is 2.76. The highest BCUT2D eigenvalue weighted by Gasteiger charge is 2.17. The highest BCUT2D eigenvalue weighted by molar-refractivity contribution is 6.31. The number of halogens is 2. The molecule has 3 rings (SSSR count). The molecule has 5 nitrogen and oxygen atoms in total. The van der Waals surface area contributed by atoms with Crippen LogP contribution in [0.1, 0.15) is 38.8 Å². The molecule has 0 fully saturated rings. The Morgan fingerprint density at radius 2 is 1.63 bits per heavy atom. The number of nitrogens with one attached hydrogen (secondary N) is 1. The number of amides is 1. The zero-order valence-electron chi connectivity index (χ0n) is 16.4. The molecule has 0 aliphatic rings. The topological polar surface area (TPSA) is 71.4 Å². The number of pyridine rings is 1. The average molecular weight is 440 g/mol. The largest absolute Gasteiger partial charge is 0.307 e. The second-order valence-corrected chi connectivity index (χ2v) is 7.48. The monoisotopic (exact) mass is 439 g/mol. The van der Waals surface area contributed by atoms with Crippen molar-refractivity contribution in [1.29, 1.82) is 0 Å². The fraction of sp³-hybridized carbons (Fsp3) is 0.130. The second kappa shape index (κ2) is 9.65. The van der Waals surface area contributed by atoms with Crippen LogP contribution >= 0.6 is 23.2 Å². The smallest absolute Gasteiger partial charge is 0.257 e. The van der Waals surface area contributed by atoms with E-state index >= 15 is 0 Å². The summed E-state index contributed by atoms with van der Waals surface area (Å²) in [5.41, 5.74) is 3.30. The standard InChI is InChI=1S/C23H19Cl2N3O2/c1-14(26-2)15-3-5-16(6-4-15)21(29)11-17-7-8-18(24)12-20(17)23(30)28-22-10-9-19(25)13-27-22/h3-10,12-13H,11H2,1-2H3,(H,27,28,30). The Hall–Kier alpha value is -3.02. The minimum Gasteiger partial charge on any atom is -0.307 e. The van der Waals surface area contributed by atoms with Crippen LogP contribution in [0.5, 0.6) is 0 Å². The summed E-state index contributed by atoms with van der Waals surface area (Å²) in [6.45, 7) is 1.91. The molecule has 1 N–H and O–H groups in total. The molecule has 0 unspecified atom stereocenters. The molecule has 0 saturated carbocycles. The Morgan fingerprint density at radius 3 is 2.27 bits per heavy atom. The molecule has 1 heterocycles. The molecular formula is C23H19Cl2N3O2. The van der Waals surface area contributed by atoms with Gasteiger partial charge in [-0.1, -0.05) is 53.5 Å². The van der Waals surface area contributed by atoms with E-state index < -0.39 is 5.91 Å². The lowest BCUT2D eigenvalue weighted by atomic mass is 9.97. The Labute approximate surface area is 184 Å². The lowest BCUT2D eigenvalue weighted by molar-refractivity contribution is 0.0992. The van der Waals surface area contributed by atoms with E-state index in [1.54, 1.807) is 49.5 Å². The summed E-state index contributed by atoms with van der Waals surface area (Å²) in [4.78, 5) is 33.8. The summed E-state index contributed by atoms with van der Waals surface area (Å²) < 4.78 is 0. The molecule has 152 valence electrons. The highest BCUT2D eigenvalue weighted by Crippen LogP contribution is 2.20. The second-order valence-electron chi connectivity index (χ2n) is 6.60. The van der Waals surface area contributed by atoms with Crippen LogP contribution < -0.4 is 5.32 Å². The summed E-state index contributed by atoms with van der Waals surface area (Å²) in [5.74, 6) is -0.154. The number of Topliss-reactive ketones (excluding diaryl/α,β-unsaturated/α-hetero) is 1. The number of anilines is 1. The van der Waals surface area contributed by atoms with E-state index in [0.717, 1.165) is 11.3 Å². The molecule has 1 aromatic heterocycles. The lowest BCUT2D eigenvalue weighted by Gasteiger charge is -2.11. The van der Waals surface area contributed by atoms with Crippen LogP contribution in [-0.2, 0) is 6.42 Å². The molecule has 7 heteroatoms. The summed E-state index contributed by atoms with van der Waals surface area (Å²) in [6.07, 6.45) is 1.50. The van der Waals surface area contributed by atoms with E-state index in [1.807, 2.05) is 19.1 Å². The number of ketones is 1. The Balaban J connectivity index is 1.81. The number of nitrogens with zero attached hydrogens (tertiary/aromatic N) is 2. The fourth-order valence-electron chi connectivity index (χ4n) is 2.85. The van der Waals surface area contributed by atoms with Crippen molar-refractivity contribution in [2.75, 3.05) is 12.4 Å². The van der Waals surface area contributed by atoms with E-state index in [2.05, 4.69) is 15.3 Å². The van der Waals surface area contributed by atoms with Gasteiger partial charge in [-0.05, 0) is 42.3 Å². The fourth-order valence-corrected chi connectivity index (χ4v) is 3.13. The molecule has 30 heavy (non-hydrogen) atoms. The summed E-state index contributed by atoms with van der Waals surface area (Å²) in [7, 11) is 1.72. The van der Waals surface area contributed by atoms with Gasteiger partial charge in [-0.15, -0.1) is 0 Å². The Kier molecular flexibility index (Phi) is 6.98. The first-order valence-electron chi connectivity index (χ1n) is 9.15. The first-order chi connectivity index (χ1) is 14.4. The summed E-state index contributed by atoms with van der Waals surface area (Å²) in [5, 5.41) is 3.57. The predicted octanol–water partition coefficient (Wildman–Crippen LogP) is 5.50. The van der Waals surface area contributed by atoms with Crippen LogP contribution in [0, 0.1) is 0 Å². The lowest BCUT2D eigenvalue weighted by Crippen LogP contribution is -2.17. The van der Waals surface area contributed by atoms with Crippen molar-refractivity contribution in [2.24, 2.45) is 4.99 Å². The molecule has 0 radical (unpaired) electrons. The number of aliphatic imine (C=N–C) groups is 1. The third-order valence-electron chi connectivity index (χ3n) is 4.60. The molecule has 2 aromatic carbocycles. The van der Waals surface area contributed by atoms with Gasteiger partial charge < -0.3 is 5.32 Å². The van der Waals surface area contributed by atoms with Gasteiger partial charge >= 0.3 is 0 Å². The Morgan fingerprint density at radius 1 is 0.967 bits per heavy atom. The van der Waals surface area contributed by atoms with Gasteiger partial charge in [0.25, 0.3) is 5.91 Å². The Bertz CT molecular complexity index is 1110. The van der Waals surface area contributed by atoms with Gasteiger partial charge in [-0.3, -0.25) is 14.6 Å². The number of hydrogen-bond acceptors (Lipinski definition) is 4. The minimum atomic E-state index is -0.403. The van der Waals surface area contributed by atoms with Crippen LogP contribution in [0.15, 0.2) is 65.8 Å². The van der Waals surface area contributed by atoms with Crippen LogP contribution in [0.4, 0.5) is 5.82 Å². The number of carbonyl (C=O) groups excluding carboxylic acids is 2. The quantitative estimate of drug-likeness (QED) is 0.406. The first kappa shape index (κ1) is 21.7. The molecule has 0 saturated heterocycles. The predicted molar refractivity (Wildman–Crippen MR) is 121 cm³/mol. The van der Waals surface area contributed by atoms with Gasteiger partial charge in [0, 0.05) is 41.5 Å². The van der Waals surface area contributed by atoms with Crippen molar-refractivity contribution in [3.63, 3.8) is 0 Å². The van der Waals surface area contributed by atoms with E-state index in [4.69, 9.17) is 23.2 Å². The van der Waals surface area contributed by atoms with E-state index in [9.17, 15) is 9.59 Å². The van der Waals surface area contributed by atoms with Crippen molar-refractivity contribution in [3.05, 3.63) is 93.1 Å². The number of benzene rings is 2. The van der Waals surface area contributed by atoms with E-state index in [0.29, 0.717) is 32.6 Å². The van der Waals surface area contributed by atoms with Crippen molar-refractivity contribution < 1.29 is 9.59 Å². The zero-order chi connectivity index (χ0) is 21.7. The van der Waals surface area contributed by atoms with Gasteiger partial charge in [-0.2, -0.15) is 0 Å². The maximum atomic E-state index is 12.8. The van der Waals surface area contributed by atoms with E-state index in [-0.39, 0.29) is 12.2 Å². The number of aromatic nitrogens is 1. The molecule has 0 aliphatic heterocycles. The molecule has 0 spiro atoms. The normalized spacial score (nSPS) is 11.3. The molecule has 0 atom stereocenters. The van der Waals surface area contributed by atoms with Gasteiger partial charge in [0.15, 0.2) is 5.78 Å². The maximum absolute atomic E-state index is 12.8. The van der Waals surface area contributed by atoms with Crippen LogP contribution in [0.25, 0.3) is 0 Å². The van der Waals surface area contributed by atoms with Crippen LogP contribution in [-0.4, -0.2) is 29.4 Å². The van der Waals surface area contributed by atoms with Gasteiger partial charge in [0.1, 0.15) is 5.82 Å². The number of hydrogen-bond donors (Lipinski definition) is 1. The third-order valence-corrected chi connectivity index (χ3v) is 5.06. The van der Waals surface area contributed by atoms with Gasteiger partial charge in [0.05, 0.1) is 5.02 Å². The minimum absolute atomic E-state index is 0.0637. The molecule has 0 bridgehead atoms. The molecule has 3 aromatic rings. The summed E-state index contributed by atoms with van der Waals surface area (Å²) in [6, 6.07) is 15.4. The van der Waals surface area contributed by atoms with Crippen molar-refractivity contribution in [3.8, 4) is 0 Å².